The van der Waals surface area contributed by atoms with Crippen molar-refractivity contribution in [2.24, 2.45) is 17.8 Å². The highest BCUT2D eigenvalue weighted by molar-refractivity contribution is 5.20. The SMILES string of the molecule is Cc1cc(CN2CCC(C(C)C)C2)oc1CNCC(C)C. The molecule has 0 bridgehead atoms. The first-order chi connectivity index (χ1) is 9.95. The predicted octanol–water partition coefficient (Wildman–Crippen LogP) is 3.81. The van der Waals surface area contributed by atoms with Crippen LogP contribution in [0.15, 0.2) is 10.5 Å². The van der Waals surface area contributed by atoms with Gasteiger partial charge in [0.1, 0.15) is 11.5 Å². The van der Waals surface area contributed by atoms with Crippen molar-refractivity contribution in [3.05, 3.63) is 23.2 Å². The van der Waals surface area contributed by atoms with Crippen LogP contribution in [-0.2, 0) is 13.1 Å². The number of aryl methyl sites for hydroxylation is 1. The number of hydrogen-bond acceptors (Lipinski definition) is 3. The molecule has 21 heavy (non-hydrogen) atoms. The Kier molecular flexibility index (Phi) is 5.88. The second kappa shape index (κ2) is 7.46. The average Bonchev–Trinajstić information content (AvgIpc) is 2.97. The van der Waals surface area contributed by atoms with Crippen molar-refractivity contribution in [2.45, 2.75) is 54.1 Å². The van der Waals surface area contributed by atoms with Crippen LogP contribution in [0.5, 0.6) is 0 Å². The lowest BCUT2D eigenvalue weighted by Gasteiger charge is -2.16. The summed E-state index contributed by atoms with van der Waals surface area (Å²) in [6.45, 7) is 16.6. The smallest absolute Gasteiger partial charge is 0.120 e. The first kappa shape index (κ1) is 16.6. The molecule has 3 nitrogen and oxygen atoms in total. The van der Waals surface area contributed by atoms with Crippen LogP contribution < -0.4 is 5.32 Å². The molecule has 120 valence electrons. The highest BCUT2D eigenvalue weighted by atomic mass is 16.3. The molecule has 0 amide bonds. The first-order valence-electron chi connectivity index (χ1n) is 8.47. The zero-order valence-electron chi connectivity index (χ0n) is 14.4. The molecule has 1 saturated heterocycles. The van der Waals surface area contributed by atoms with Gasteiger partial charge in [-0.1, -0.05) is 27.7 Å². The fourth-order valence-corrected chi connectivity index (χ4v) is 3.09. The molecular formula is C18H32N2O. The van der Waals surface area contributed by atoms with Crippen LogP contribution in [0.4, 0.5) is 0 Å². The molecular weight excluding hydrogens is 260 g/mol. The van der Waals surface area contributed by atoms with E-state index in [1.807, 2.05) is 0 Å². The normalized spacial score (nSPS) is 20.0. The summed E-state index contributed by atoms with van der Waals surface area (Å²) < 4.78 is 6.05. The van der Waals surface area contributed by atoms with E-state index in [1.54, 1.807) is 0 Å². The van der Waals surface area contributed by atoms with Crippen molar-refractivity contribution in [3.63, 3.8) is 0 Å². The fraction of sp³-hybridized carbons (Fsp3) is 0.778. The molecule has 1 atom stereocenters. The van der Waals surface area contributed by atoms with E-state index in [4.69, 9.17) is 4.42 Å². The quantitative estimate of drug-likeness (QED) is 0.828. The van der Waals surface area contributed by atoms with E-state index >= 15 is 0 Å². The minimum atomic E-state index is 0.678. The molecule has 2 heterocycles. The van der Waals surface area contributed by atoms with E-state index in [2.05, 4.69) is 50.9 Å². The monoisotopic (exact) mass is 292 g/mol. The van der Waals surface area contributed by atoms with Crippen molar-refractivity contribution in [1.29, 1.82) is 0 Å². The fourth-order valence-electron chi connectivity index (χ4n) is 3.09. The zero-order chi connectivity index (χ0) is 15.4. The van der Waals surface area contributed by atoms with Gasteiger partial charge in [0.2, 0.25) is 0 Å². The number of nitrogens with one attached hydrogen (secondary N) is 1. The van der Waals surface area contributed by atoms with Crippen LogP contribution in [0.1, 0.15) is 51.2 Å². The second-order valence-electron chi connectivity index (χ2n) is 7.37. The summed E-state index contributed by atoms with van der Waals surface area (Å²) in [7, 11) is 0. The molecule has 1 N–H and O–H groups in total. The molecule has 2 rings (SSSR count). The molecule has 1 aliphatic heterocycles. The van der Waals surface area contributed by atoms with Gasteiger partial charge in [0.05, 0.1) is 13.1 Å². The molecule has 0 radical (unpaired) electrons. The Morgan fingerprint density at radius 1 is 1.33 bits per heavy atom. The van der Waals surface area contributed by atoms with Gasteiger partial charge in [-0.2, -0.15) is 0 Å². The highest BCUT2D eigenvalue weighted by Gasteiger charge is 2.25. The van der Waals surface area contributed by atoms with Crippen LogP contribution in [0, 0.1) is 24.7 Å². The van der Waals surface area contributed by atoms with Gasteiger partial charge in [0.25, 0.3) is 0 Å². The van der Waals surface area contributed by atoms with Crippen LogP contribution >= 0.6 is 0 Å². The number of likely N-dealkylation sites (tertiary alicyclic amines) is 1. The van der Waals surface area contributed by atoms with Crippen molar-refractivity contribution < 1.29 is 4.42 Å². The van der Waals surface area contributed by atoms with Gasteiger partial charge in [-0.3, -0.25) is 4.90 Å². The number of hydrogen-bond donors (Lipinski definition) is 1. The standard InChI is InChI=1S/C18H32N2O/c1-13(2)9-19-10-18-15(5)8-17(21-18)12-20-7-6-16(11-20)14(3)4/h8,13-14,16,19H,6-7,9-12H2,1-5H3. The molecule has 1 aromatic heterocycles. The third-order valence-corrected chi connectivity index (χ3v) is 4.54. The van der Waals surface area contributed by atoms with Crippen LogP contribution in [0.2, 0.25) is 0 Å². The van der Waals surface area contributed by atoms with E-state index < -0.39 is 0 Å². The summed E-state index contributed by atoms with van der Waals surface area (Å²) in [6, 6.07) is 2.22. The first-order valence-corrected chi connectivity index (χ1v) is 8.47. The minimum Gasteiger partial charge on any atom is -0.463 e. The highest BCUT2D eigenvalue weighted by Crippen LogP contribution is 2.26. The largest absolute Gasteiger partial charge is 0.463 e. The Hall–Kier alpha value is -0.800. The molecule has 1 aromatic rings. The maximum Gasteiger partial charge on any atom is 0.120 e. The Morgan fingerprint density at radius 2 is 2.10 bits per heavy atom. The molecule has 3 heteroatoms. The number of nitrogens with zero attached hydrogens (tertiary/aromatic N) is 1. The molecule has 1 unspecified atom stereocenters. The molecule has 1 fully saturated rings. The summed E-state index contributed by atoms with van der Waals surface area (Å²) in [5, 5.41) is 3.46. The van der Waals surface area contributed by atoms with Gasteiger partial charge in [0, 0.05) is 6.54 Å². The Bertz CT molecular complexity index is 436. The lowest BCUT2D eigenvalue weighted by atomic mass is 9.95. The molecule has 1 aliphatic rings. The average molecular weight is 292 g/mol. The van der Waals surface area contributed by atoms with E-state index in [9.17, 15) is 0 Å². The summed E-state index contributed by atoms with van der Waals surface area (Å²) >= 11 is 0. The van der Waals surface area contributed by atoms with Crippen molar-refractivity contribution >= 4 is 0 Å². The predicted molar refractivity (Wildman–Crippen MR) is 88.2 cm³/mol. The van der Waals surface area contributed by atoms with Gasteiger partial charge in [-0.25, -0.2) is 0 Å². The van der Waals surface area contributed by atoms with E-state index in [-0.39, 0.29) is 0 Å². The molecule has 0 saturated carbocycles. The Balaban J connectivity index is 1.84. The Morgan fingerprint density at radius 3 is 2.71 bits per heavy atom. The third-order valence-electron chi connectivity index (χ3n) is 4.54. The molecule has 0 spiro atoms. The zero-order valence-corrected chi connectivity index (χ0v) is 14.4. The number of rotatable bonds is 7. The van der Waals surface area contributed by atoms with Gasteiger partial charge in [0.15, 0.2) is 0 Å². The van der Waals surface area contributed by atoms with Crippen LogP contribution in [0.25, 0.3) is 0 Å². The number of furan rings is 1. The van der Waals surface area contributed by atoms with Gasteiger partial charge in [-0.05, 0) is 55.8 Å². The van der Waals surface area contributed by atoms with Crippen molar-refractivity contribution in [3.8, 4) is 0 Å². The van der Waals surface area contributed by atoms with E-state index in [1.165, 1.54) is 25.1 Å². The molecule has 0 aliphatic carbocycles. The summed E-state index contributed by atoms with van der Waals surface area (Å²) in [5.74, 6) is 4.55. The summed E-state index contributed by atoms with van der Waals surface area (Å²) in [4.78, 5) is 2.54. The lowest BCUT2D eigenvalue weighted by molar-refractivity contribution is 0.269. The summed E-state index contributed by atoms with van der Waals surface area (Å²) in [6.07, 6.45) is 1.33. The van der Waals surface area contributed by atoms with Crippen LogP contribution in [0.3, 0.4) is 0 Å². The molecule has 0 aromatic carbocycles. The van der Waals surface area contributed by atoms with E-state index in [0.29, 0.717) is 5.92 Å². The maximum atomic E-state index is 6.05. The lowest BCUT2D eigenvalue weighted by Crippen LogP contribution is -2.21. The minimum absolute atomic E-state index is 0.678. The third kappa shape index (κ3) is 4.86. The van der Waals surface area contributed by atoms with Gasteiger partial charge in [-0.15, -0.1) is 0 Å². The van der Waals surface area contributed by atoms with Gasteiger partial charge >= 0.3 is 0 Å². The van der Waals surface area contributed by atoms with E-state index in [0.717, 1.165) is 43.0 Å². The Labute approximate surface area is 130 Å². The summed E-state index contributed by atoms with van der Waals surface area (Å²) in [5.41, 5.74) is 1.28. The van der Waals surface area contributed by atoms with Crippen molar-refractivity contribution in [2.75, 3.05) is 19.6 Å². The van der Waals surface area contributed by atoms with Crippen molar-refractivity contribution in [1.82, 2.24) is 10.2 Å². The topological polar surface area (TPSA) is 28.4 Å². The van der Waals surface area contributed by atoms with Gasteiger partial charge < -0.3 is 9.73 Å². The maximum absolute atomic E-state index is 6.05. The van der Waals surface area contributed by atoms with Crippen LogP contribution in [-0.4, -0.2) is 24.5 Å². The second-order valence-corrected chi connectivity index (χ2v) is 7.37.